The average molecular weight is 375 g/mol. The summed E-state index contributed by atoms with van der Waals surface area (Å²) < 4.78 is 1.84. The minimum atomic E-state index is -0.232. The Bertz CT molecular complexity index is 770. The Morgan fingerprint density at radius 1 is 1.19 bits per heavy atom. The molecule has 2 bridgehead atoms. The summed E-state index contributed by atoms with van der Waals surface area (Å²) in [6, 6.07) is -0.106. The van der Waals surface area contributed by atoms with Crippen LogP contribution in [0.15, 0.2) is 0 Å². The predicted molar refractivity (Wildman–Crippen MR) is 100 cm³/mol. The number of hydrogen-bond donors (Lipinski definition) is 0. The summed E-state index contributed by atoms with van der Waals surface area (Å²) in [6.45, 7) is 7.44. The molecule has 2 atom stereocenters. The maximum atomic E-state index is 13.3. The largest absolute Gasteiger partial charge is 0.347 e. The van der Waals surface area contributed by atoms with E-state index in [-0.39, 0.29) is 36.2 Å². The minimum absolute atomic E-state index is 0.00514. The van der Waals surface area contributed by atoms with Crippen molar-refractivity contribution in [3.63, 3.8) is 0 Å². The first-order valence-corrected chi connectivity index (χ1v) is 9.58. The molecule has 0 unspecified atom stereocenters. The fraction of sp³-hybridized carbons (Fsp3) is 0.684. The van der Waals surface area contributed by atoms with Crippen LogP contribution in [0.25, 0.3) is 0 Å². The van der Waals surface area contributed by atoms with Gasteiger partial charge in [-0.25, -0.2) is 0 Å². The highest BCUT2D eigenvalue weighted by atomic mass is 16.2. The van der Waals surface area contributed by atoms with Gasteiger partial charge < -0.3 is 14.7 Å². The Morgan fingerprint density at radius 2 is 1.89 bits per heavy atom. The molecule has 27 heavy (non-hydrogen) atoms. The van der Waals surface area contributed by atoms with E-state index in [1.807, 2.05) is 25.5 Å². The SMILES string of the molecule is CCn1nc(C)c(C(=O)N2C[C@@H]3CC[C@H](C2)N(CC(=O)N(C)C)C3=O)c1C. The van der Waals surface area contributed by atoms with E-state index in [1.54, 1.807) is 23.9 Å². The third-order valence-electron chi connectivity index (χ3n) is 5.78. The first kappa shape index (κ1) is 19.4. The van der Waals surface area contributed by atoms with Gasteiger partial charge in [-0.2, -0.15) is 5.10 Å². The summed E-state index contributed by atoms with van der Waals surface area (Å²) in [7, 11) is 3.38. The van der Waals surface area contributed by atoms with E-state index in [1.165, 1.54) is 4.90 Å². The zero-order chi connectivity index (χ0) is 19.9. The normalized spacial score (nSPS) is 22.2. The van der Waals surface area contributed by atoms with Crippen LogP contribution in [0, 0.1) is 19.8 Å². The smallest absolute Gasteiger partial charge is 0.257 e. The van der Waals surface area contributed by atoms with Crippen molar-refractivity contribution in [1.29, 1.82) is 0 Å². The molecule has 0 N–H and O–H groups in total. The lowest BCUT2D eigenvalue weighted by molar-refractivity contribution is -0.145. The topological polar surface area (TPSA) is 78.8 Å². The average Bonchev–Trinajstić information content (AvgIpc) is 2.78. The second-order valence-corrected chi connectivity index (χ2v) is 7.75. The van der Waals surface area contributed by atoms with E-state index >= 15 is 0 Å². The monoisotopic (exact) mass is 375 g/mol. The van der Waals surface area contributed by atoms with Gasteiger partial charge in [0.25, 0.3) is 5.91 Å². The van der Waals surface area contributed by atoms with Crippen LogP contribution in [0.3, 0.4) is 0 Å². The predicted octanol–water partition coefficient (Wildman–Crippen LogP) is 0.671. The number of piperidine rings is 1. The zero-order valence-electron chi connectivity index (χ0n) is 16.9. The maximum absolute atomic E-state index is 13.3. The molecule has 3 aliphatic rings. The fourth-order valence-electron chi connectivity index (χ4n) is 4.17. The van der Waals surface area contributed by atoms with Gasteiger partial charge in [0.15, 0.2) is 0 Å². The number of nitrogens with zero attached hydrogens (tertiary/aromatic N) is 5. The molecule has 4 rings (SSSR count). The number of likely N-dealkylation sites (N-methyl/N-ethyl adjacent to an activating group) is 1. The molecule has 3 aliphatic heterocycles. The van der Waals surface area contributed by atoms with Gasteiger partial charge in [-0.1, -0.05) is 0 Å². The van der Waals surface area contributed by atoms with Crippen molar-refractivity contribution in [3.8, 4) is 0 Å². The first-order valence-electron chi connectivity index (χ1n) is 9.58. The molecule has 3 fully saturated rings. The molecule has 0 radical (unpaired) electrons. The summed E-state index contributed by atoms with van der Waals surface area (Å²) in [5, 5.41) is 4.45. The van der Waals surface area contributed by atoms with Crippen molar-refractivity contribution in [2.75, 3.05) is 33.7 Å². The van der Waals surface area contributed by atoms with Gasteiger partial charge in [0.1, 0.15) is 6.54 Å². The maximum Gasteiger partial charge on any atom is 0.257 e. The number of amides is 3. The van der Waals surface area contributed by atoms with Gasteiger partial charge in [0.2, 0.25) is 11.8 Å². The number of fused-ring (bicyclic) bond motifs is 4. The van der Waals surface area contributed by atoms with Crippen LogP contribution in [-0.2, 0) is 16.1 Å². The standard InChI is InChI=1S/C19H29N5O3/c1-6-24-13(3)17(12(2)20-24)19(27)22-9-14-7-8-15(10-22)23(18(14)26)11-16(25)21(4)5/h14-15H,6-11H2,1-5H3/t14-,15+/m0/s1. The van der Waals surface area contributed by atoms with Crippen LogP contribution < -0.4 is 0 Å². The molecule has 4 heterocycles. The van der Waals surface area contributed by atoms with Crippen molar-refractivity contribution in [1.82, 2.24) is 24.5 Å². The van der Waals surface area contributed by atoms with Crippen molar-refractivity contribution in [2.24, 2.45) is 5.92 Å². The molecule has 3 amide bonds. The van der Waals surface area contributed by atoms with Gasteiger partial charge in [-0.05, 0) is 33.6 Å². The summed E-state index contributed by atoms with van der Waals surface area (Å²) in [4.78, 5) is 43.2. The van der Waals surface area contributed by atoms with Gasteiger partial charge in [-0.3, -0.25) is 19.1 Å². The second kappa shape index (κ2) is 7.32. The molecule has 0 aliphatic carbocycles. The highest BCUT2D eigenvalue weighted by molar-refractivity contribution is 5.97. The van der Waals surface area contributed by atoms with Gasteiger partial charge in [-0.15, -0.1) is 0 Å². The Morgan fingerprint density at radius 3 is 2.48 bits per heavy atom. The number of aromatic nitrogens is 2. The van der Waals surface area contributed by atoms with Crippen molar-refractivity contribution >= 4 is 17.7 Å². The van der Waals surface area contributed by atoms with Crippen LogP contribution in [0.4, 0.5) is 0 Å². The fourth-order valence-corrected chi connectivity index (χ4v) is 4.17. The lowest BCUT2D eigenvalue weighted by Gasteiger charge is -2.35. The number of rotatable bonds is 4. The summed E-state index contributed by atoms with van der Waals surface area (Å²) in [6.07, 6.45) is 1.60. The van der Waals surface area contributed by atoms with Crippen LogP contribution in [-0.4, -0.2) is 82.0 Å². The van der Waals surface area contributed by atoms with E-state index < -0.39 is 0 Å². The van der Waals surface area contributed by atoms with Crippen LogP contribution in [0.2, 0.25) is 0 Å². The lowest BCUT2D eigenvalue weighted by Crippen LogP contribution is -2.51. The molecule has 1 aromatic heterocycles. The summed E-state index contributed by atoms with van der Waals surface area (Å²) in [5.41, 5.74) is 2.23. The molecule has 0 spiro atoms. The molecule has 8 heteroatoms. The third-order valence-corrected chi connectivity index (χ3v) is 5.78. The quantitative estimate of drug-likeness (QED) is 0.775. The van der Waals surface area contributed by atoms with E-state index in [4.69, 9.17) is 0 Å². The molecule has 148 valence electrons. The second-order valence-electron chi connectivity index (χ2n) is 7.75. The minimum Gasteiger partial charge on any atom is -0.347 e. The molecule has 0 aromatic carbocycles. The first-order chi connectivity index (χ1) is 12.7. The third kappa shape index (κ3) is 3.44. The van der Waals surface area contributed by atoms with Crippen molar-refractivity contribution < 1.29 is 14.4 Å². The number of carbonyl (C=O) groups is 3. The van der Waals surface area contributed by atoms with E-state index in [9.17, 15) is 14.4 Å². The van der Waals surface area contributed by atoms with Crippen molar-refractivity contribution in [2.45, 2.75) is 46.2 Å². The highest BCUT2D eigenvalue weighted by Gasteiger charge is 2.43. The Labute approximate surface area is 160 Å². The van der Waals surface area contributed by atoms with E-state index in [0.717, 1.165) is 24.2 Å². The Hall–Kier alpha value is -2.38. The zero-order valence-corrected chi connectivity index (χ0v) is 16.9. The Balaban J connectivity index is 1.84. The van der Waals surface area contributed by atoms with Gasteiger partial charge in [0, 0.05) is 45.5 Å². The molecule has 8 nitrogen and oxygen atoms in total. The molecule has 1 aromatic rings. The molecular weight excluding hydrogens is 346 g/mol. The number of hydrogen-bond acceptors (Lipinski definition) is 4. The summed E-state index contributed by atoms with van der Waals surface area (Å²) >= 11 is 0. The van der Waals surface area contributed by atoms with Gasteiger partial charge >= 0.3 is 0 Å². The van der Waals surface area contributed by atoms with Gasteiger partial charge in [0.05, 0.1) is 17.2 Å². The number of carbonyl (C=O) groups excluding carboxylic acids is 3. The van der Waals surface area contributed by atoms with Crippen molar-refractivity contribution in [3.05, 3.63) is 17.0 Å². The van der Waals surface area contributed by atoms with Crippen LogP contribution in [0.1, 0.15) is 41.5 Å². The number of aryl methyl sites for hydroxylation is 2. The molecule has 0 saturated carbocycles. The van der Waals surface area contributed by atoms with Crippen LogP contribution in [0.5, 0.6) is 0 Å². The highest BCUT2D eigenvalue weighted by Crippen LogP contribution is 2.30. The molecule has 3 saturated heterocycles. The lowest BCUT2D eigenvalue weighted by atomic mass is 9.94. The van der Waals surface area contributed by atoms with E-state index in [2.05, 4.69) is 5.10 Å². The summed E-state index contributed by atoms with van der Waals surface area (Å²) in [5.74, 6) is -0.390. The van der Waals surface area contributed by atoms with E-state index in [0.29, 0.717) is 25.2 Å². The van der Waals surface area contributed by atoms with Crippen LogP contribution >= 0.6 is 0 Å². The Kier molecular flexibility index (Phi) is 5.26. The molecular formula is C19H29N5O3.